The normalized spacial score (nSPS) is 10.6. The van der Waals surface area contributed by atoms with Crippen LogP contribution in [-0.4, -0.2) is 21.4 Å². The van der Waals surface area contributed by atoms with E-state index < -0.39 is 0 Å². The highest BCUT2D eigenvalue weighted by molar-refractivity contribution is 7.80. The van der Waals surface area contributed by atoms with Crippen LogP contribution in [0.4, 0.5) is 0 Å². The minimum atomic E-state index is 0.569. The number of rotatable bonds is 5. The largest absolute Gasteiger partial charge is 0.362 e. The second-order valence-corrected chi connectivity index (χ2v) is 5.03. The maximum absolute atomic E-state index is 6.05. The van der Waals surface area contributed by atoms with E-state index in [4.69, 9.17) is 23.8 Å². The van der Waals surface area contributed by atoms with Gasteiger partial charge in [0.1, 0.15) is 0 Å². The zero-order valence-electron chi connectivity index (χ0n) is 10.5. The van der Waals surface area contributed by atoms with E-state index in [0.29, 0.717) is 22.6 Å². The molecule has 6 heteroatoms. The fraction of sp³-hybridized carbons (Fsp3) is 0.636. The Hall–Kier alpha value is -0.810. The summed E-state index contributed by atoms with van der Waals surface area (Å²) in [5, 5.41) is 11.8. The molecule has 1 heterocycles. The summed E-state index contributed by atoms with van der Waals surface area (Å²) in [6.07, 6.45) is 1.66. The van der Waals surface area contributed by atoms with Crippen LogP contribution in [0.2, 0.25) is 5.02 Å². The van der Waals surface area contributed by atoms with Crippen molar-refractivity contribution in [1.29, 1.82) is 0 Å². The molecule has 0 radical (unpaired) electrons. The molecule has 0 spiro atoms. The molecule has 0 amide bonds. The fourth-order valence-electron chi connectivity index (χ4n) is 1.36. The Morgan fingerprint density at radius 1 is 1.53 bits per heavy atom. The van der Waals surface area contributed by atoms with Gasteiger partial charge in [-0.3, -0.25) is 4.68 Å². The van der Waals surface area contributed by atoms with Crippen LogP contribution in [0.3, 0.4) is 0 Å². The number of thiocarbonyl (C=S) groups is 1. The van der Waals surface area contributed by atoms with Crippen molar-refractivity contribution in [3.63, 3.8) is 0 Å². The van der Waals surface area contributed by atoms with E-state index in [1.54, 1.807) is 6.20 Å². The Morgan fingerprint density at radius 3 is 2.82 bits per heavy atom. The van der Waals surface area contributed by atoms with Gasteiger partial charge in [-0.1, -0.05) is 25.4 Å². The van der Waals surface area contributed by atoms with Gasteiger partial charge in [-0.15, -0.1) is 0 Å². The van der Waals surface area contributed by atoms with E-state index in [1.165, 1.54) is 0 Å². The summed E-state index contributed by atoms with van der Waals surface area (Å²) in [6, 6.07) is 0. The third-order valence-corrected chi connectivity index (χ3v) is 2.89. The standard InChI is InChI=1S/C11H19ClN4S/c1-4-16-10(9(12)6-15-16)7-14-11(17)13-5-8(2)3/h6,8H,4-5,7H2,1-3H3,(H2,13,14,17). The van der Waals surface area contributed by atoms with Gasteiger partial charge >= 0.3 is 0 Å². The Bertz CT molecular complexity index is 376. The summed E-state index contributed by atoms with van der Waals surface area (Å²) >= 11 is 11.2. The molecule has 1 aromatic heterocycles. The predicted molar refractivity (Wildman–Crippen MR) is 75.2 cm³/mol. The van der Waals surface area contributed by atoms with Gasteiger partial charge in [0.15, 0.2) is 5.11 Å². The smallest absolute Gasteiger partial charge is 0.166 e. The molecule has 0 aliphatic heterocycles. The average molecular weight is 275 g/mol. The molecular weight excluding hydrogens is 256 g/mol. The van der Waals surface area contributed by atoms with E-state index in [0.717, 1.165) is 18.8 Å². The van der Waals surface area contributed by atoms with Crippen molar-refractivity contribution in [2.24, 2.45) is 5.92 Å². The topological polar surface area (TPSA) is 41.9 Å². The lowest BCUT2D eigenvalue weighted by atomic mass is 10.2. The molecule has 0 aliphatic rings. The Labute approximate surface area is 113 Å². The molecule has 0 fully saturated rings. The molecule has 4 nitrogen and oxygen atoms in total. The predicted octanol–water partition coefficient (Wildman–Crippen LogP) is 2.18. The number of nitrogens with zero attached hydrogens (tertiary/aromatic N) is 2. The van der Waals surface area contributed by atoms with Gasteiger partial charge in [0.2, 0.25) is 0 Å². The molecule has 0 saturated heterocycles. The second-order valence-electron chi connectivity index (χ2n) is 4.21. The van der Waals surface area contributed by atoms with E-state index >= 15 is 0 Å². The molecule has 0 bridgehead atoms. The number of hydrogen-bond donors (Lipinski definition) is 2. The monoisotopic (exact) mass is 274 g/mol. The van der Waals surface area contributed by atoms with Crippen molar-refractivity contribution in [2.75, 3.05) is 6.54 Å². The molecule has 17 heavy (non-hydrogen) atoms. The number of halogens is 1. The first kappa shape index (κ1) is 14.3. The van der Waals surface area contributed by atoms with Crippen molar-refractivity contribution in [1.82, 2.24) is 20.4 Å². The van der Waals surface area contributed by atoms with Crippen molar-refractivity contribution in [2.45, 2.75) is 33.9 Å². The van der Waals surface area contributed by atoms with Gasteiger partial charge in [-0.2, -0.15) is 5.10 Å². The molecule has 0 aromatic carbocycles. The molecule has 1 aromatic rings. The van der Waals surface area contributed by atoms with Crippen LogP contribution in [0.25, 0.3) is 0 Å². The quantitative estimate of drug-likeness (QED) is 0.808. The van der Waals surface area contributed by atoms with Gasteiger partial charge in [0.05, 0.1) is 23.5 Å². The van der Waals surface area contributed by atoms with Gasteiger partial charge in [0.25, 0.3) is 0 Å². The van der Waals surface area contributed by atoms with Crippen molar-refractivity contribution >= 4 is 28.9 Å². The summed E-state index contributed by atoms with van der Waals surface area (Å²) in [5.41, 5.74) is 0.961. The van der Waals surface area contributed by atoms with Gasteiger partial charge < -0.3 is 10.6 Å². The Balaban J connectivity index is 2.44. The third kappa shape index (κ3) is 4.52. The fourth-order valence-corrected chi connectivity index (χ4v) is 1.72. The number of aromatic nitrogens is 2. The van der Waals surface area contributed by atoms with Crippen molar-refractivity contribution in [3.8, 4) is 0 Å². The van der Waals surface area contributed by atoms with E-state index in [-0.39, 0.29) is 0 Å². The highest BCUT2D eigenvalue weighted by Crippen LogP contribution is 2.14. The average Bonchev–Trinajstić information content (AvgIpc) is 2.64. The van der Waals surface area contributed by atoms with E-state index in [2.05, 4.69) is 29.6 Å². The molecule has 0 atom stereocenters. The number of hydrogen-bond acceptors (Lipinski definition) is 2. The lowest BCUT2D eigenvalue weighted by Crippen LogP contribution is -2.37. The molecule has 0 aliphatic carbocycles. The highest BCUT2D eigenvalue weighted by Gasteiger charge is 2.08. The zero-order chi connectivity index (χ0) is 12.8. The van der Waals surface area contributed by atoms with Gasteiger partial charge in [-0.25, -0.2) is 0 Å². The molecule has 96 valence electrons. The second kappa shape index (κ2) is 6.81. The van der Waals surface area contributed by atoms with Gasteiger partial charge in [-0.05, 0) is 25.1 Å². The first-order valence-electron chi connectivity index (χ1n) is 5.76. The molecule has 0 saturated carbocycles. The molecular formula is C11H19ClN4S. The third-order valence-electron chi connectivity index (χ3n) is 2.28. The lowest BCUT2D eigenvalue weighted by Gasteiger charge is -2.12. The van der Waals surface area contributed by atoms with E-state index in [9.17, 15) is 0 Å². The minimum Gasteiger partial charge on any atom is -0.362 e. The summed E-state index contributed by atoms with van der Waals surface area (Å²) in [4.78, 5) is 0. The summed E-state index contributed by atoms with van der Waals surface area (Å²) in [5.74, 6) is 0.569. The first-order valence-corrected chi connectivity index (χ1v) is 6.55. The van der Waals surface area contributed by atoms with Crippen molar-refractivity contribution < 1.29 is 0 Å². The number of nitrogens with one attached hydrogen (secondary N) is 2. The summed E-state index contributed by atoms with van der Waals surface area (Å²) < 4.78 is 1.86. The van der Waals surface area contributed by atoms with Crippen LogP contribution in [-0.2, 0) is 13.1 Å². The number of aryl methyl sites for hydroxylation is 1. The van der Waals surface area contributed by atoms with Crippen LogP contribution in [0.15, 0.2) is 6.20 Å². The van der Waals surface area contributed by atoms with Crippen LogP contribution in [0.1, 0.15) is 26.5 Å². The Kier molecular flexibility index (Phi) is 5.71. The van der Waals surface area contributed by atoms with E-state index in [1.807, 2.05) is 11.6 Å². The van der Waals surface area contributed by atoms with Crippen LogP contribution >= 0.6 is 23.8 Å². The first-order chi connectivity index (χ1) is 8.04. The van der Waals surface area contributed by atoms with Crippen LogP contribution in [0.5, 0.6) is 0 Å². The lowest BCUT2D eigenvalue weighted by molar-refractivity contribution is 0.601. The molecule has 2 N–H and O–H groups in total. The molecule has 1 rings (SSSR count). The Morgan fingerprint density at radius 2 is 2.24 bits per heavy atom. The summed E-state index contributed by atoms with van der Waals surface area (Å²) in [6.45, 7) is 8.57. The SMILES string of the molecule is CCn1ncc(Cl)c1CNC(=S)NCC(C)C. The minimum absolute atomic E-state index is 0.569. The summed E-state index contributed by atoms with van der Waals surface area (Å²) in [7, 11) is 0. The van der Waals surface area contributed by atoms with Crippen molar-refractivity contribution in [3.05, 3.63) is 16.9 Å². The zero-order valence-corrected chi connectivity index (χ0v) is 12.0. The van der Waals surface area contributed by atoms with Gasteiger partial charge in [0, 0.05) is 13.1 Å². The highest BCUT2D eigenvalue weighted by atomic mass is 35.5. The van der Waals surface area contributed by atoms with Crippen LogP contribution < -0.4 is 10.6 Å². The maximum atomic E-state index is 6.05. The molecule has 0 unspecified atom stereocenters. The maximum Gasteiger partial charge on any atom is 0.166 e. The van der Waals surface area contributed by atoms with Crippen LogP contribution in [0, 0.1) is 5.92 Å².